The van der Waals surface area contributed by atoms with Crippen LogP contribution in [0.1, 0.15) is 15.9 Å². The maximum absolute atomic E-state index is 12.1. The van der Waals surface area contributed by atoms with Crippen molar-refractivity contribution in [3.8, 4) is 11.5 Å². The van der Waals surface area contributed by atoms with Crippen molar-refractivity contribution < 1.29 is 23.8 Å². The van der Waals surface area contributed by atoms with Crippen LogP contribution in [-0.2, 0) is 9.53 Å². The lowest BCUT2D eigenvalue weighted by atomic mass is 10.1. The molecule has 0 radical (unpaired) electrons. The molecule has 0 fully saturated rings. The van der Waals surface area contributed by atoms with E-state index in [0.29, 0.717) is 17.1 Å². The van der Waals surface area contributed by atoms with E-state index in [4.69, 9.17) is 14.2 Å². The molecule has 0 atom stereocenters. The number of halogens is 1. The molecule has 0 bridgehead atoms. The van der Waals surface area contributed by atoms with E-state index in [-0.39, 0.29) is 19.2 Å². The lowest BCUT2D eigenvalue weighted by molar-refractivity contribution is -0.136. The van der Waals surface area contributed by atoms with Gasteiger partial charge in [-0.2, -0.15) is 0 Å². The van der Waals surface area contributed by atoms with E-state index in [1.807, 2.05) is 24.3 Å². The normalized spacial score (nSPS) is 12.4. The van der Waals surface area contributed by atoms with Crippen molar-refractivity contribution in [2.75, 3.05) is 13.4 Å². The molecule has 0 unspecified atom stereocenters. The highest BCUT2D eigenvalue weighted by atomic mass is 79.9. The zero-order valence-electron chi connectivity index (χ0n) is 12.5. The quantitative estimate of drug-likeness (QED) is 0.444. The van der Waals surface area contributed by atoms with E-state index in [0.717, 1.165) is 10.0 Å². The van der Waals surface area contributed by atoms with Gasteiger partial charge in [-0.3, -0.25) is 4.79 Å². The van der Waals surface area contributed by atoms with Crippen molar-refractivity contribution in [2.24, 2.45) is 0 Å². The standard InChI is InChI=1S/C18H13BrO5/c19-14-3-1-2-12(8-14)4-7-18(21)22-10-15(20)13-5-6-16-17(9-13)24-11-23-16/h1-9H,10-11H2/b7-4+. The number of hydrogen-bond donors (Lipinski definition) is 0. The van der Waals surface area contributed by atoms with Crippen molar-refractivity contribution >= 4 is 33.8 Å². The van der Waals surface area contributed by atoms with Crippen LogP contribution in [0.5, 0.6) is 11.5 Å². The third-order valence-corrected chi connectivity index (χ3v) is 3.79. The Morgan fingerprint density at radius 2 is 1.96 bits per heavy atom. The summed E-state index contributed by atoms with van der Waals surface area (Å²) in [5.74, 6) is 0.226. The lowest BCUT2D eigenvalue weighted by Crippen LogP contribution is -2.12. The van der Waals surface area contributed by atoms with Gasteiger partial charge in [-0.15, -0.1) is 0 Å². The average molecular weight is 389 g/mol. The molecule has 0 amide bonds. The Morgan fingerprint density at radius 1 is 1.12 bits per heavy atom. The topological polar surface area (TPSA) is 61.8 Å². The fraction of sp³-hybridized carbons (Fsp3) is 0.111. The SMILES string of the molecule is O=C(/C=C/c1cccc(Br)c1)OCC(=O)c1ccc2c(c1)OCO2. The zero-order valence-corrected chi connectivity index (χ0v) is 14.1. The van der Waals surface area contributed by atoms with Gasteiger partial charge in [0, 0.05) is 16.1 Å². The molecule has 122 valence electrons. The summed E-state index contributed by atoms with van der Waals surface area (Å²) in [5.41, 5.74) is 1.26. The average Bonchev–Trinajstić information content (AvgIpc) is 3.05. The van der Waals surface area contributed by atoms with Crippen LogP contribution in [0.4, 0.5) is 0 Å². The van der Waals surface area contributed by atoms with Crippen molar-refractivity contribution in [2.45, 2.75) is 0 Å². The Hall–Kier alpha value is -2.60. The molecule has 24 heavy (non-hydrogen) atoms. The number of benzene rings is 2. The van der Waals surface area contributed by atoms with E-state index < -0.39 is 5.97 Å². The largest absolute Gasteiger partial charge is 0.454 e. The highest BCUT2D eigenvalue weighted by Crippen LogP contribution is 2.32. The number of carbonyl (C=O) groups excluding carboxylic acids is 2. The molecule has 5 nitrogen and oxygen atoms in total. The van der Waals surface area contributed by atoms with Gasteiger partial charge in [0.1, 0.15) is 0 Å². The van der Waals surface area contributed by atoms with E-state index in [2.05, 4.69) is 15.9 Å². The number of ketones is 1. The lowest BCUT2D eigenvalue weighted by Gasteiger charge is -2.03. The summed E-state index contributed by atoms with van der Waals surface area (Å²) in [6, 6.07) is 12.3. The van der Waals surface area contributed by atoms with Gasteiger partial charge in [0.05, 0.1) is 0 Å². The number of Topliss-reactive ketones (excluding diaryl/α,β-unsaturated/α-hetero) is 1. The fourth-order valence-corrected chi connectivity index (χ4v) is 2.53. The van der Waals surface area contributed by atoms with Crippen molar-refractivity contribution in [1.29, 1.82) is 0 Å². The van der Waals surface area contributed by atoms with Crippen LogP contribution < -0.4 is 9.47 Å². The second-order valence-corrected chi connectivity index (χ2v) is 5.90. The third-order valence-electron chi connectivity index (χ3n) is 3.30. The molecule has 2 aromatic rings. The molecule has 1 aliphatic heterocycles. The van der Waals surface area contributed by atoms with E-state index >= 15 is 0 Å². The van der Waals surface area contributed by atoms with Gasteiger partial charge in [-0.25, -0.2) is 4.79 Å². The van der Waals surface area contributed by atoms with Crippen molar-refractivity contribution in [1.82, 2.24) is 0 Å². The summed E-state index contributed by atoms with van der Waals surface area (Å²) in [4.78, 5) is 23.8. The molecule has 1 aliphatic rings. The molecule has 6 heteroatoms. The van der Waals surface area contributed by atoms with Gasteiger partial charge in [0.25, 0.3) is 0 Å². The summed E-state index contributed by atoms with van der Waals surface area (Å²) in [5, 5.41) is 0. The maximum Gasteiger partial charge on any atom is 0.331 e. The Balaban J connectivity index is 1.55. The monoisotopic (exact) mass is 388 g/mol. The van der Waals surface area contributed by atoms with E-state index in [1.54, 1.807) is 24.3 Å². The molecule has 0 saturated carbocycles. The first-order valence-electron chi connectivity index (χ1n) is 7.15. The van der Waals surface area contributed by atoms with Gasteiger partial charge in [-0.05, 0) is 42.0 Å². The van der Waals surface area contributed by atoms with Crippen molar-refractivity contribution in [3.63, 3.8) is 0 Å². The molecular weight excluding hydrogens is 376 g/mol. The zero-order chi connectivity index (χ0) is 16.9. The first kappa shape index (κ1) is 16.3. The third kappa shape index (κ3) is 4.02. The molecule has 2 aromatic carbocycles. The van der Waals surface area contributed by atoms with Gasteiger partial charge in [0.2, 0.25) is 6.79 Å². The smallest absolute Gasteiger partial charge is 0.331 e. The molecule has 0 N–H and O–H groups in total. The highest BCUT2D eigenvalue weighted by molar-refractivity contribution is 9.10. The Labute approximate surface area is 147 Å². The molecule has 0 spiro atoms. The number of ether oxygens (including phenoxy) is 3. The molecule has 0 saturated heterocycles. The number of fused-ring (bicyclic) bond motifs is 1. The molecule has 3 rings (SSSR count). The fourth-order valence-electron chi connectivity index (χ4n) is 2.11. The Kier molecular flexibility index (Phi) is 4.96. The second-order valence-electron chi connectivity index (χ2n) is 4.99. The Morgan fingerprint density at radius 3 is 2.79 bits per heavy atom. The van der Waals surface area contributed by atoms with Crippen LogP contribution in [0.2, 0.25) is 0 Å². The van der Waals surface area contributed by atoms with Gasteiger partial charge < -0.3 is 14.2 Å². The summed E-state index contributed by atoms with van der Waals surface area (Å²) < 4.78 is 16.3. The maximum atomic E-state index is 12.1. The second kappa shape index (κ2) is 7.31. The summed E-state index contributed by atoms with van der Waals surface area (Å²) in [7, 11) is 0. The molecular formula is C18H13BrO5. The summed E-state index contributed by atoms with van der Waals surface area (Å²) in [6.45, 7) is -0.191. The van der Waals surface area contributed by atoms with Crippen LogP contribution in [0.25, 0.3) is 6.08 Å². The minimum atomic E-state index is -0.580. The van der Waals surface area contributed by atoms with E-state index in [1.165, 1.54) is 6.08 Å². The van der Waals surface area contributed by atoms with Crippen LogP contribution in [0.3, 0.4) is 0 Å². The van der Waals surface area contributed by atoms with Gasteiger partial charge in [-0.1, -0.05) is 28.1 Å². The summed E-state index contributed by atoms with van der Waals surface area (Å²) in [6.07, 6.45) is 2.91. The highest BCUT2D eigenvalue weighted by Gasteiger charge is 2.16. The van der Waals surface area contributed by atoms with Crippen LogP contribution in [0, 0.1) is 0 Å². The number of hydrogen-bond acceptors (Lipinski definition) is 5. The first-order chi connectivity index (χ1) is 11.6. The predicted molar refractivity (Wildman–Crippen MR) is 91.0 cm³/mol. The van der Waals surface area contributed by atoms with Crippen molar-refractivity contribution in [3.05, 3.63) is 64.1 Å². The predicted octanol–water partition coefficient (Wildman–Crippen LogP) is 3.62. The molecule has 0 aromatic heterocycles. The number of esters is 1. The van der Waals surface area contributed by atoms with Gasteiger partial charge >= 0.3 is 5.97 Å². The number of carbonyl (C=O) groups is 2. The van der Waals surface area contributed by atoms with Crippen LogP contribution >= 0.6 is 15.9 Å². The molecule has 0 aliphatic carbocycles. The first-order valence-corrected chi connectivity index (χ1v) is 7.94. The van der Waals surface area contributed by atoms with Gasteiger partial charge in [0.15, 0.2) is 23.9 Å². The number of rotatable bonds is 5. The minimum absolute atomic E-state index is 0.141. The summed E-state index contributed by atoms with van der Waals surface area (Å²) >= 11 is 3.35. The molecule has 1 heterocycles. The van der Waals surface area contributed by atoms with E-state index in [9.17, 15) is 9.59 Å². The minimum Gasteiger partial charge on any atom is -0.454 e. The van der Waals surface area contributed by atoms with Crippen LogP contribution in [-0.4, -0.2) is 25.2 Å². The van der Waals surface area contributed by atoms with Crippen LogP contribution in [0.15, 0.2) is 53.0 Å². The Bertz CT molecular complexity index is 813.